The second-order valence-electron chi connectivity index (χ2n) is 6.72. The van der Waals surface area contributed by atoms with Gasteiger partial charge in [-0.3, -0.25) is 9.59 Å². The first-order valence-electron chi connectivity index (χ1n) is 10.1. The molecule has 0 saturated heterocycles. The van der Waals surface area contributed by atoms with Crippen LogP contribution in [0.25, 0.3) is 0 Å². The first-order valence-corrected chi connectivity index (χ1v) is 10.1. The van der Waals surface area contributed by atoms with Gasteiger partial charge in [0, 0.05) is 6.42 Å². The number of hydrogen-bond donors (Lipinski definition) is 0. The second kappa shape index (κ2) is 11.2. The van der Waals surface area contributed by atoms with E-state index < -0.39 is 5.41 Å². The van der Waals surface area contributed by atoms with Gasteiger partial charge in [-0.05, 0) is 49.9 Å². The maximum atomic E-state index is 13.4. The van der Waals surface area contributed by atoms with Crippen LogP contribution < -0.4 is 9.47 Å². The largest absolute Gasteiger partial charge is 0.493 e. The first-order chi connectivity index (χ1) is 14.5. The average Bonchev–Trinajstić information content (AvgIpc) is 2.77. The summed E-state index contributed by atoms with van der Waals surface area (Å²) in [5.74, 6) is 0.437. The summed E-state index contributed by atoms with van der Waals surface area (Å²) in [5, 5.41) is 0. The van der Waals surface area contributed by atoms with Crippen LogP contribution in [0.5, 0.6) is 11.5 Å². The SMILES string of the molecule is CCOC(=O)CCC[C@](C(=O)OCC)(c1ccccc1)c1ccc(OC)c(OC)c1. The van der Waals surface area contributed by atoms with Gasteiger partial charge >= 0.3 is 11.9 Å². The summed E-state index contributed by atoms with van der Waals surface area (Å²) in [7, 11) is 3.11. The standard InChI is InChI=1S/C24H30O6/c1-5-29-22(25)13-10-16-24(23(26)30-6-2,18-11-8-7-9-12-18)19-14-15-20(27-3)21(17-19)28-4/h7-9,11-12,14-15,17H,5-6,10,13,16H2,1-4H3/t24-/m0/s1. The van der Waals surface area contributed by atoms with E-state index in [9.17, 15) is 9.59 Å². The number of benzene rings is 2. The van der Waals surface area contributed by atoms with Crippen LogP contribution >= 0.6 is 0 Å². The normalized spacial score (nSPS) is 12.5. The Kier molecular flexibility index (Phi) is 8.71. The molecule has 0 saturated carbocycles. The lowest BCUT2D eigenvalue weighted by Crippen LogP contribution is -2.39. The molecular formula is C24H30O6. The maximum Gasteiger partial charge on any atom is 0.321 e. The van der Waals surface area contributed by atoms with Crippen LogP contribution in [0, 0.1) is 0 Å². The number of rotatable bonds is 11. The minimum absolute atomic E-state index is 0.217. The first kappa shape index (κ1) is 23.3. The molecule has 0 spiro atoms. The topological polar surface area (TPSA) is 71.1 Å². The van der Waals surface area contributed by atoms with Gasteiger partial charge in [0.05, 0.1) is 27.4 Å². The van der Waals surface area contributed by atoms with E-state index in [-0.39, 0.29) is 25.0 Å². The molecule has 0 radical (unpaired) electrons. The van der Waals surface area contributed by atoms with Crippen molar-refractivity contribution < 1.29 is 28.5 Å². The van der Waals surface area contributed by atoms with Gasteiger partial charge < -0.3 is 18.9 Å². The van der Waals surface area contributed by atoms with E-state index in [0.717, 1.165) is 5.56 Å². The van der Waals surface area contributed by atoms with E-state index in [1.807, 2.05) is 36.4 Å². The highest BCUT2D eigenvalue weighted by atomic mass is 16.5. The van der Waals surface area contributed by atoms with Crippen LogP contribution in [0.2, 0.25) is 0 Å². The fourth-order valence-corrected chi connectivity index (χ4v) is 3.60. The molecule has 0 aliphatic carbocycles. The zero-order valence-corrected chi connectivity index (χ0v) is 18.1. The van der Waals surface area contributed by atoms with Gasteiger partial charge in [-0.25, -0.2) is 0 Å². The van der Waals surface area contributed by atoms with E-state index in [1.54, 1.807) is 40.2 Å². The van der Waals surface area contributed by atoms with Gasteiger partial charge in [0.2, 0.25) is 0 Å². The summed E-state index contributed by atoms with van der Waals surface area (Å²) in [6.45, 7) is 4.13. The lowest BCUT2D eigenvalue weighted by molar-refractivity contribution is -0.149. The third-order valence-corrected chi connectivity index (χ3v) is 5.00. The molecule has 0 fully saturated rings. The number of esters is 2. The van der Waals surface area contributed by atoms with Crippen LogP contribution in [0.1, 0.15) is 44.2 Å². The zero-order chi connectivity index (χ0) is 22.0. The lowest BCUT2D eigenvalue weighted by atomic mass is 9.71. The van der Waals surface area contributed by atoms with Crippen LogP contribution in [0.15, 0.2) is 48.5 Å². The molecular weight excluding hydrogens is 384 g/mol. The summed E-state index contributed by atoms with van der Waals surface area (Å²) in [6.07, 6.45) is 1.06. The Balaban J connectivity index is 2.58. The molecule has 6 nitrogen and oxygen atoms in total. The van der Waals surface area contributed by atoms with E-state index in [4.69, 9.17) is 18.9 Å². The number of carbonyl (C=O) groups excluding carboxylic acids is 2. The Morgan fingerprint density at radius 3 is 2.10 bits per heavy atom. The van der Waals surface area contributed by atoms with Crippen molar-refractivity contribution in [2.24, 2.45) is 0 Å². The van der Waals surface area contributed by atoms with Crippen molar-refractivity contribution >= 4 is 11.9 Å². The van der Waals surface area contributed by atoms with Crippen molar-refractivity contribution in [2.75, 3.05) is 27.4 Å². The average molecular weight is 414 g/mol. The molecule has 2 rings (SSSR count). The zero-order valence-electron chi connectivity index (χ0n) is 18.1. The highest BCUT2D eigenvalue weighted by Gasteiger charge is 2.43. The minimum atomic E-state index is -1.09. The third-order valence-electron chi connectivity index (χ3n) is 5.00. The van der Waals surface area contributed by atoms with E-state index in [0.29, 0.717) is 36.5 Å². The van der Waals surface area contributed by atoms with Crippen LogP contribution in [-0.2, 0) is 24.5 Å². The van der Waals surface area contributed by atoms with Gasteiger partial charge in [-0.15, -0.1) is 0 Å². The summed E-state index contributed by atoms with van der Waals surface area (Å²) in [6, 6.07) is 14.9. The number of hydrogen-bond acceptors (Lipinski definition) is 6. The minimum Gasteiger partial charge on any atom is -0.493 e. The van der Waals surface area contributed by atoms with Crippen molar-refractivity contribution in [3.8, 4) is 11.5 Å². The van der Waals surface area contributed by atoms with Crippen LogP contribution in [0.4, 0.5) is 0 Å². The van der Waals surface area contributed by atoms with E-state index in [2.05, 4.69) is 0 Å². The monoisotopic (exact) mass is 414 g/mol. The van der Waals surface area contributed by atoms with Gasteiger partial charge in [0.25, 0.3) is 0 Å². The Morgan fingerprint density at radius 2 is 1.50 bits per heavy atom. The molecule has 0 aliphatic rings. The van der Waals surface area contributed by atoms with Crippen molar-refractivity contribution in [1.29, 1.82) is 0 Å². The van der Waals surface area contributed by atoms with Crippen molar-refractivity contribution in [1.82, 2.24) is 0 Å². The molecule has 162 valence electrons. The molecule has 0 N–H and O–H groups in total. The van der Waals surface area contributed by atoms with Crippen LogP contribution in [-0.4, -0.2) is 39.4 Å². The molecule has 0 aliphatic heterocycles. The molecule has 0 aromatic heterocycles. The summed E-state index contributed by atoms with van der Waals surface area (Å²) in [4.78, 5) is 25.3. The summed E-state index contributed by atoms with van der Waals surface area (Å²) >= 11 is 0. The molecule has 0 amide bonds. The molecule has 1 atom stereocenters. The Bertz CT molecular complexity index is 833. The van der Waals surface area contributed by atoms with Crippen molar-refractivity contribution in [3.63, 3.8) is 0 Å². The predicted molar refractivity (Wildman–Crippen MR) is 114 cm³/mol. The number of methoxy groups -OCH3 is 2. The molecule has 0 heterocycles. The highest BCUT2D eigenvalue weighted by Crippen LogP contribution is 2.42. The summed E-state index contributed by atoms with van der Waals surface area (Å²) < 4.78 is 21.4. The second-order valence-corrected chi connectivity index (χ2v) is 6.72. The molecule has 2 aromatic rings. The van der Waals surface area contributed by atoms with Crippen molar-refractivity contribution in [2.45, 2.75) is 38.5 Å². The Labute approximate surface area is 178 Å². The molecule has 2 aromatic carbocycles. The van der Waals surface area contributed by atoms with Gasteiger partial charge in [-0.1, -0.05) is 36.4 Å². The number of ether oxygens (including phenoxy) is 4. The number of carbonyl (C=O) groups is 2. The molecule has 6 heteroatoms. The quantitative estimate of drug-likeness (QED) is 0.511. The fourth-order valence-electron chi connectivity index (χ4n) is 3.60. The smallest absolute Gasteiger partial charge is 0.321 e. The van der Waals surface area contributed by atoms with E-state index >= 15 is 0 Å². The maximum absolute atomic E-state index is 13.4. The molecule has 30 heavy (non-hydrogen) atoms. The highest BCUT2D eigenvalue weighted by molar-refractivity contribution is 5.88. The van der Waals surface area contributed by atoms with Gasteiger partial charge in [0.1, 0.15) is 5.41 Å². The van der Waals surface area contributed by atoms with Gasteiger partial charge in [0.15, 0.2) is 11.5 Å². The third kappa shape index (κ3) is 5.12. The molecule has 0 unspecified atom stereocenters. The predicted octanol–water partition coefficient (Wildman–Crippen LogP) is 4.29. The Hall–Kier alpha value is -3.02. The summed E-state index contributed by atoms with van der Waals surface area (Å²) in [5.41, 5.74) is 0.414. The Morgan fingerprint density at radius 1 is 0.833 bits per heavy atom. The van der Waals surface area contributed by atoms with Crippen LogP contribution in [0.3, 0.4) is 0 Å². The molecule has 0 bridgehead atoms. The fraction of sp³-hybridized carbons (Fsp3) is 0.417. The lowest BCUT2D eigenvalue weighted by Gasteiger charge is -2.33. The van der Waals surface area contributed by atoms with Gasteiger partial charge in [-0.2, -0.15) is 0 Å². The van der Waals surface area contributed by atoms with Crippen molar-refractivity contribution in [3.05, 3.63) is 59.7 Å². The van der Waals surface area contributed by atoms with E-state index in [1.165, 1.54) is 0 Å².